The lowest BCUT2D eigenvalue weighted by atomic mass is 9.73. The molecule has 0 amide bonds. The summed E-state index contributed by atoms with van der Waals surface area (Å²) in [7, 11) is -3.86. The molecule has 1 saturated carbocycles. The first-order valence-electron chi connectivity index (χ1n) is 13.0. The van der Waals surface area contributed by atoms with Crippen molar-refractivity contribution in [3.63, 3.8) is 0 Å². The number of fused-ring (bicyclic) bond motifs is 1. The maximum atomic E-state index is 13.3. The summed E-state index contributed by atoms with van der Waals surface area (Å²) in [4.78, 5) is 13.3. The molecule has 1 aliphatic heterocycles. The number of sulfonamides is 1. The van der Waals surface area contributed by atoms with Crippen molar-refractivity contribution in [1.29, 1.82) is 5.26 Å². The van der Waals surface area contributed by atoms with Crippen LogP contribution in [0.3, 0.4) is 0 Å². The Bertz CT molecular complexity index is 1400. The van der Waals surface area contributed by atoms with E-state index in [9.17, 15) is 18.3 Å². The minimum absolute atomic E-state index is 0.0345. The van der Waals surface area contributed by atoms with Gasteiger partial charge in [-0.1, -0.05) is 12.8 Å². The van der Waals surface area contributed by atoms with Gasteiger partial charge < -0.3 is 14.3 Å². The summed E-state index contributed by atoms with van der Waals surface area (Å²) in [6.45, 7) is 1.79. The number of ether oxygens (including phenoxy) is 1. The smallest absolute Gasteiger partial charge is 0.343 e. The molecular formula is C28H32N2O6S. The van der Waals surface area contributed by atoms with Gasteiger partial charge in [0.05, 0.1) is 34.9 Å². The minimum Gasteiger partial charge on any atom is -0.507 e. The average Bonchev–Trinajstić information content (AvgIpc) is 3.63. The van der Waals surface area contributed by atoms with Crippen molar-refractivity contribution in [1.82, 2.24) is 4.72 Å². The molecule has 5 rings (SSSR count). The van der Waals surface area contributed by atoms with Crippen LogP contribution in [-0.2, 0) is 27.6 Å². The molecule has 9 heteroatoms. The lowest BCUT2D eigenvalue weighted by Gasteiger charge is -2.36. The van der Waals surface area contributed by atoms with Gasteiger partial charge in [-0.25, -0.2) is 17.9 Å². The van der Waals surface area contributed by atoms with Gasteiger partial charge in [0.15, 0.2) is 0 Å². The number of aromatic hydroxyl groups is 1. The highest BCUT2D eigenvalue weighted by molar-refractivity contribution is 7.89. The van der Waals surface area contributed by atoms with Crippen molar-refractivity contribution in [3.05, 3.63) is 69.5 Å². The summed E-state index contributed by atoms with van der Waals surface area (Å²) in [5.41, 5.74) is -0.0730. The zero-order valence-electron chi connectivity index (χ0n) is 20.9. The molecule has 2 heterocycles. The van der Waals surface area contributed by atoms with Crippen LogP contribution in [-0.4, -0.2) is 25.7 Å². The Kier molecular flexibility index (Phi) is 6.90. The van der Waals surface area contributed by atoms with Crippen LogP contribution >= 0.6 is 0 Å². The van der Waals surface area contributed by atoms with Crippen molar-refractivity contribution in [2.75, 3.05) is 6.54 Å². The SMILES string of the molecule is CC1(CNS(=O)(=O)c2ccc(C#N)cc2)OC=CC1C(c1c(O)c2c(oc1=O)CCCCCC2)C1CC1. The van der Waals surface area contributed by atoms with E-state index in [2.05, 4.69) is 4.72 Å². The third-order valence-electron chi connectivity index (χ3n) is 7.98. The predicted molar refractivity (Wildman–Crippen MR) is 136 cm³/mol. The first-order valence-corrected chi connectivity index (χ1v) is 14.4. The van der Waals surface area contributed by atoms with Crippen LogP contribution in [0.25, 0.3) is 0 Å². The van der Waals surface area contributed by atoms with E-state index < -0.39 is 21.2 Å². The van der Waals surface area contributed by atoms with Gasteiger partial charge >= 0.3 is 5.63 Å². The van der Waals surface area contributed by atoms with Gasteiger partial charge in [0.25, 0.3) is 0 Å². The Morgan fingerprint density at radius 2 is 1.86 bits per heavy atom. The van der Waals surface area contributed by atoms with Crippen LogP contribution < -0.4 is 10.3 Å². The number of hydrogen-bond acceptors (Lipinski definition) is 7. The van der Waals surface area contributed by atoms with E-state index in [0.29, 0.717) is 29.7 Å². The van der Waals surface area contributed by atoms with E-state index in [1.807, 2.05) is 19.1 Å². The highest BCUT2D eigenvalue weighted by Crippen LogP contribution is 2.53. The van der Waals surface area contributed by atoms with Crippen molar-refractivity contribution < 1.29 is 22.7 Å². The summed E-state index contributed by atoms with van der Waals surface area (Å²) < 4.78 is 40.4. The zero-order chi connectivity index (χ0) is 26.2. The molecular weight excluding hydrogens is 492 g/mol. The summed E-state index contributed by atoms with van der Waals surface area (Å²) >= 11 is 0. The molecule has 1 aromatic carbocycles. The second kappa shape index (κ2) is 9.99. The fraction of sp³-hybridized carbons (Fsp3) is 0.500. The fourth-order valence-corrected chi connectivity index (χ4v) is 6.87. The van der Waals surface area contributed by atoms with Crippen LogP contribution in [0.1, 0.15) is 73.8 Å². The van der Waals surface area contributed by atoms with E-state index in [-0.39, 0.29) is 34.9 Å². The highest BCUT2D eigenvalue weighted by atomic mass is 32.2. The van der Waals surface area contributed by atoms with E-state index in [0.717, 1.165) is 44.1 Å². The fourth-order valence-electron chi connectivity index (χ4n) is 5.73. The highest BCUT2D eigenvalue weighted by Gasteiger charge is 2.50. The number of nitriles is 1. The van der Waals surface area contributed by atoms with E-state index >= 15 is 0 Å². The Balaban J connectivity index is 1.44. The number of benzene rings is 1. The third kappa shape index (κ3) is 5.05. The normalized spacial score (nSPS) is 24.4. The van der Waals surface area contributed by atoms with Crippen LogP contribution in [0.5, 0.6) is 5.75 Å². The standard InChI is InChI=1S/C28H32N2O6S/c1-28(17-30-37(33,34)20-12-8-18(16-29)9-13-20)22(14-15-35-28)24(19-10-11-19)25-26(31)21-6-4-2-3-5-7-23(21)36-27(25)32/h8-9,12-15,19,22,24,30-31H,2-7,10-11,17H2,1H3. The van der Waals surface area contributed by atoms with Crippen molar-refractivity contribution >= 4 is 10.0 Å². The Morgan fingerprint density at radius 3 is 2.54 bits per heavy atom. The van der Waals surface area contributed by atoms with Gasteiger partial charge in [0.1, 0.15) is 17.1 Å². The summed E-state index contributed by atoms with van der Waals surface area (Å²) in [5.74, 6) is 0.118. The van der Waals surface area contributed by atoms with Crippen LogP contribution in [0.4, 0.5) is 0 Å². The third-order valence-corrected chi connectivity index (χ3v) is 9.40. The molecule has 2 N–H and O–H groups in total. The molecule has 1 aromatic heterocycles. The molecule has 37 heavy (non-hydrogen) atoms. The number of aryl methyl sites for hydroxylation is 1. The van der Waals surface area contributed by atoms with Gasteiger partial charge in [-0.2, -0.15) is 5.26 Å². The first kappa shape index (κ1) is 25.6. The molecule has 8 nitrogen and oxygen atoms in total. The predicted octanol–water partition coefficient (Wildman–Crippen LogP) is 4.27. The molecule has 3 unspecified atom stereocenters. The maximum absolute atomic E-state index is 13.3. The quantitative estimate of drug-likeness (QED) is 0.553. The minimum atomic E-state index is -3.86. The van der Waals surface area contributed by atoms with Crippen LogP contribution in [0.2, 0.25) is 0 Å². The van der Waals surface area contributed by atoms with Crippen molar-refractivity contribution in [3.8, 4) is 11.8 Å². The molecule has 196 valence electrons. The van der Waals surface area contributed by atoms with Crippen molar-refractivity contribution in [2.24, 2.45) is 11.8 Å². The average molecular weight is 525 g/mol. The molecule has 1 fully saturated rings. The molecule has 0 spiro atoms. The second-order valence-electron chi connectivity index (χ2n) is 10.6. The molecule has 3 aliphatic rings. The molecule has 0 saturated heterocycles. The van der Waals surface area contributed by atoms with Crippen LogP contribution in [0, 0.1) is 23.2 Å². The van der Waals surface area contributed by atoms with E-state index in [1.165, 1.54) is 24.3 Å². The molecule has 0 bridgehead atoms. The van der Waals surface area contributed by atoms with E-state index in [1.54, 1.807) is 6.26 Å². The van der Waals surface area contributed by atoms with Gasteiger partial charge in [-0.3, -0.25) is 0 Å². The van der Waals surface area contributed by atoms with Gasteiger partial charge in [-0.05, 0) is 75.3 Å². The van der Waals surface area contributed by atoms with E-state index in [4.69, 9.17) is 14.4 Å². The number of rotatable bonds is 7. The Labute approximate surface area is 217 Å². The van der Waals surface area contributed by atoms with Gasteiger partial charge in [-0.15, -0.1) is 0 Å². The summed E-state index contributed by atoms with van der Waals surface area (Å²) in [6, 6.07) is 7.67. The van der Waals surface area contributed by atoms with Gasteiger partial charge in [0, 0.05) is 23.8 Å². The lowest BCUT2D eigenvalue weighted by molar-refractivity contribution is 0.0193. The Hall–Kier alpha value is -3.09. The zero-order valence-corrected chi connectivity index (χ0v) is 21.7. The monoisotopic (exact) mass is 524 g/mol. The second-order valence-corrected chi connectivity index (χ2v) is 12.3. The summed E-state index contributed by atoms with van der Waals surface area (Å²) in [6.07, 6.45) is 10.6. The molecule has 0 radical (unpaired) electrons. The number of nitrogens with zero attached hydrogens (tertiary/aromatic N) is 1. The largest absolute Gasteiger partial charge is 0.507 e. The van der Waals surface area contributed by atoms with Gasteiger partial charge in [0.2, 0.25) is 10.0 Å². The summed E-state index contributed by atoms with van der Waals surface area (Å²) in [5, 5.41) is 20.4. The molecule has 2 aromatic rings. The van der Waals surface area contributed by atoms with Crippen LogP contribution in [0.15, 0.2) is 50.7 Å². The molecule has 2 aliphatic carbocycles. The first-order chi connectivity index (χ1) is 17.7. The van der Waals surface area contributed by atoms with Crippen molar-refractivity contribution in [2.45, 2.75) is 74.7 Å². The maximum Gasteiger partial charge on any atom is 0.343 e. The Morgan fingerprint density at radius 1 is 1.16 bits per heavy atom. The topological polar surface area (TPSA) is 130 Å². The lowest BCUT2D eigenvalue weighted by Crippen LogP contribution is -2.47. The number of nitrogens with one attached hydrogen (secondary N) is 1. The number of hydrogen-bond donors (Lipinski definition) is 2. The molecule has 3 atom stereocenters.